The SMILES string of the molecule is Cc1cccc(OCC(O)CNC(C)(C)Cc2ccc(Oc3ccc(C(N)=O)cc3)cc2)c1N. The van der Waals surface area contributed by atoms with Crippen molar-refractivity contribution < 1.29 is 19.4 Å². The number of hydrogen-bond acceptors (Lipinski definition) is 6. The summed E-state index contributed by atoms with van der Waals surface area (Å²) < 4.78 is 11.5. The second-order valence-corrected chi connectivity index (χ2v) is 9.03. The Morgan fingerprint density at radius 3 is 2.26 bits per heavy atom. The van der Waals surface area contributed by atoms with Crippen LogP contribution in [0.4, 0.5) is 5.69 Å². The van der Waals surface area contributed by atoms with Gasteiger partial charge in [0, 0.05) is 17.6 Å². The molecule has 7 nitrogen and oxygen atoms in total. The van der Waals surface area contributed by atoms with E-state index in [1.807, 2.05) is 43.3 Å². The zero-order valence-corrected chi connectivity index (χ0v) is 19.9. The number of rotatable bonds is 11. The van der Waals surface area contributed by atoms with Gasteiger partial charge in [-0.3, -0.25) is 4.79 Å². The Balaban J connectivity index is 1.47. The number of nitrogens with two attached hydrogens (primary N) is 2. The number of aliphatic hydroxyl groups is 1. The van der Waals surface area contributed by atoms with Crippen LogP contribution in [0.3, 0.4) is 0 Å². The van der Waals surface area contributed by atoms with Crippen molar-refractivity contribution in [1.82, 2.24) is 5.32 Å². The number of carbonyl (C=O) groups is 1. The molecule has 0 radical (unpaired) electrons. The molecule has 1 amide bonds. The number of nitrogens with one attached hydrogen (secondary N) is 1. The molecule has 3 aromatic carbocycles. The first-order valence-electron chi connectivity index (χ1n) is 11.2. The molecule has 1 atom stereocenters. The molecule has 3 aromatic rings. The second kappa shape index (κ2) is 11.0. The van der Waals surface area contributed by atoms with E-state index in [1.54, 1.807) is 30.3 Å². The number of β-amino-alcohol motifs (C(OH)–C–C–N with tert-alkyl or cyclic N) is 1. The van der Waals surface area contributed by atoms with Crippen molar-refractivity contribution in [3.05, 3.63) is 83.4 Å². The minimum Gasteiger partial charge on any atom is -0.489 e. The first-order chi connectivity index (χ1) is 16.1. The van der Waals surface area contributed by atoms with E-state index in [-0.39, 0.29) is 12.1 Å². The van der Waals surface area contributed by atoms with Crippen LogP contribution >= 0.6 is 0 Å². The number of primary amides is 1. The molecule has 0 saturated heterocycles. The quantitative estimate of drug-likeness (QED) is 0.321. The van der Waals surface area contributed by atoms with Crippen molar-refractivity contribution in [2.24, 2.45) is 5.73 Å². The third kappa shape index (κ3) is 7.23. The Morgan fingerprint density at radius 1 is 1.03 bits per heavy atom. The molecule has 34 heavy (non-hydrogen) atoms. The number of para-hydroxylation sites is 1. The van der Waals surface area contributed by atoms with Gasteiger partial charge in [-0.15, -0.1) is 0 Å². The summed E-state index contributed by atoms with van der Waals surface area (Å²) >= 11 is 0. The van der Waals surface area contributed by atoms with E-state index in [0.29, 0.717) is 35.0 Å². The van der Waals surface area contributed by atoms with Gasteiger partial charge in [0.15, 0.2) is 0 Å². The van der Waals surface area contributed by atoms with Crippen molar-refractivity contribution in [2.75, 3.05) is 18.9 Å². The van der Waals surface area contributed by atoms with Gasteiger partial charge in [-0.2, -0.15) is 0 Å². The van der Waals surface area contributed by atoms with Gasteiger partial charge in [0.05, 0.1) is 5.69 Å². The van der Waals surface area contributed by atoms with Crippen LogP contribution in [0.15, 0.2) is 66.7 Å². The predicted octanol–water partition coefficient (Wildman–Crippen LogP) is 3.82. The predicted molar refractivity (Wildman–Crippen MR) is 134 cm³/mol. The summed E-state index contributed by atoms with van der Waals surface area (Å²) in [6, 6.07) is 20.1. The molecule has 0 aromatic heterocycles. The van der Waals surface area contributed by atoms with Crippen LogP contribution in [0.25, 0.3) is 0 Å². The molecule has 0 bridgehead atoms. The number of ether oxygens (including phenoxy) is 2. The normalized spacial score (nSPS) is 12.2. The van der Waals surface area contributed by atoms with Gasteiger partial charge in [-0.05, 0) is 80.8 Å². The molecule has 0 saturated carbocycles. The average Bonchev–Trinajstić information content (AvgIpc) is 2.80. The lowest BCUT2D eigenvalue weighted by molar-refractivity contribution is 0.0991. The fraction of sp³-hybridized carbons (Fsp3) is 0.296. The topological polar surface area (TPSA) is 120 Å². The molecule has 3 rings (SSSR count). The third-order valence-electron chi connectivity index (χ3n) is 5.48. The Kier molecular flexibility index (Phi) is 8.15. The molecule has 1 unspecified atom stereocenters. The molecule has 0 aliphatic heterocycles. The summed E-state index contributed by atoms with van der Waals surface area (Å²) in [5.74, 6) is 1.44. The lowest BCUT2D eigenvalue weighted by atomic mass is 9.94. The maximum Gasteiger partial charge on any atom is 0.248 e. The van der Waals surface area contributed by atoms with Gasteiger partial charge < -0.3 is 31.4 Å². The van der Waals surface area contributed by atoms with Crippen LogP contribution < -0.4 is 26.3 Å². The zero-order valence-electron chi connectivity index (χ0n) is 19.9. The smallest absolute Gasteiger partial charge is 0.248 e. The van der Waals surface area contributed by atoms with E-state index in [1.165, 1.54) is 0 Å². The van der Waals surface area contributed by atoms with Crippen molar-refractivity contribution in [3.8, 4) is 17.2 Å². The number of nitrogen functional groups attached to an aromatic ring is 1. The van der Waals surface area contributed by atoms with Crippen LogP contribution in [0, 0.1) is 6.92 Å². The minimum atomic E-state index is -0.670. The second-order valence-electron chi connectivity index (χ2n) is 9.03. The number of amides is 1. The van der Waals surface area contributed by atoms with Gasteiger partial charge in [-0.1, -0.05) is 24.3 Å². The third-order valence-corrected chi connectivity index (χ3v) is 5.48. The fourth-order valence-corrected chi connectivity index (χ4v) is 3.49. The molecular weight excluding hydrogens is 430 g/mol. The monoisotopic (exact) mass is 463 g/mol. The van der Waals surface area contributed by atoms with Gasteiger partial charge >= 0.3 is 0 Å². The highest BCUT2D eigenvalue weighted by Gasteiger charge is 2.20. The average molecular weight is 464 g/mol. The maximum atomic E-state index is 11.2. The van der Waals surface area contributed by atoms with E-state index in [4.69, 9.17) is 20.9 Å². The lowest BCUT2D eigenvalue weighted by Crippen LogP contribution is -2.46. The number of aliphatic hydroxyl groups excluding tert-OH is 1. The first-order valence-corrected chi connectivity index (χ1v) is 11.2. The summed E-state index contributed by atoms with van der Waals surface area (Å²) in [6.07, 6.45) is 0.0924. The molecular formula is C27H33N3O4. The van der Waals surface area contributed by atoms with E-state index >= 15 is 0 Å². The highest BCUT2D eigenvalue weighted by atomic mass is 16.5. The van der Waals surface area contributed by atoms with Gasteiger partial charge in [-0.25, -0.2) is 0 Å². The molecule has 6 N–H and O–H groups in total. The van der Waals surface area contributed by atoms with E-state index < -0.39 is 12.0 Å². The van der Waals surface area contributed by atoms with Crippen molar-refractivity contribution in [2.45, 2.75) is 38.8 Å². The highest BCUT2D eigenvalue weighted by Crippen LogP contribution is 2.25. The number of benzene rings is 3. The summed E-state index contributed by atoms with van der Waals surface area (Å²) in [7, 11) is 0. The van der Waals surface area contributed by atoms with Crippen LogP contribution in [0.1, 0.15) is 35.3 Å². The van der Waals surface area contributed by atoms with Gasteiger partial charge in [0.25, 0.3) is 0 Å². The first kappa shape index (κ1) is 25.1. The molecule has 0 spiro atoms. The number of anilines is 1. The Morgan fingerprint density at radius 2 is 1.65 bits per heavy atom. The van der Waals surface area contributed by atoms with Gasteiger partial charge in [0.1, 0.15) is 30.0 Å². The molecule has 0 heterocycles. The standard InChI is InChI=1S/C27H33N3O4/c1-18-5-4-6-24(25(18)28)33-17-21(31)16-30-27(2,3)15-19-7-11-22(12-8-19)34-23-13-9-20(10-14-23)26(29)32/h4-14,21,30-31H,15-17,28H2,1-3H3,(H2,29,32). The van der Waals surface area contributed by atoms with Crippen molar-refractivity contribution in [3.63, 3.8) is 0 Å². The van der Waals surface area contributed by atoms with Crippen molar-refractivity contribution in [1.29, 1.82) is 0 Å². The summed E-state index contributed by atoms with van der Waals surface area (Å²) in [5.41, 5.74) is 14.2. The van der Waals surface area contributed by atoms with Crippen LogP contribution in [0.2, 0.25) is 0 Å². The Bertz CT molecular complexity index is 1100. The Labute approximate surface area is 200 Å². The minimum absolute atomic E-state index is 0.156. The van der Waals surface area contributed by atoms with Crippen LogP contribution in [-0.4, -0.2) is 35.8 Å². The number of aryl methyl sites for hydroxylation is 1. The van der Waals surface area contributed by atoms with Gasteiger partial charge in [0.2, 0.25) is 5.91 Å². The molecule has 0 aliphatic rings. The van der Waals surface area contributed by atoms with E-state index in [0.717, 1.165) is 17.5 Å². The maximum absolute atomic E-state index is 11.2. The molecule has 7 heteroatoms. The molecule has 0 fully saturated rings. The molecule has 0 aliphatic carbocycles. The largest absolute Gasteiger partial charge is 0.489 e. The van der Waals surface area contributed by atoms with Crippen molar-refractivity contribution >= 4 is 11.6 Å². The zero-order chi connectivity index (χ0) is 24.7. The van der Waals surface area contributed by atoms with Crippen LogP contribution in [0.5, 0.6) is 17.2 Å². The number of hydrogen-bond donors (Lipinski definition) is 4. The summed E-state index contributed by atoms with van der Waals surface area (Å²) in [6.45, 7) is 6.64. The highest BCUT2D eigenvalue weighted by molar-refractivity contribution is 5.92. The summed E-state index contributed by atoms with van der Waals surface area (Å²) in [5, 5.41) is 13.8. The Hall–Kier alpha value is -3.55. The van der Waals surface area contributed by atoms with E-state index in [2.05, 4.69) is 19.2 Å². The summed E-state index contributed by atoms with van der Waals surface area (Å²) in [4.78, 5) is 11.2. The lowest BCUT2D eigenvalue weighted by Gasteiger charge is -2.28. The molecule has 180 valence electrons. The van der Waals surface area contributed by atoms with Crippen LogP contribution in [-0.2, 0) is 6.42 Å². The van der Waals surface area contributed by atoms with E-state index in [9.17, 15) is 9.90 Å². The number of carbonyl (C=O) groups excluding carboxylic acids is 1. The fourth-order valence-electron chi connectivity index (χ4n) is 3.49.